The van der Waals surface area contributed by atoms with Crippen LogP contribution in [0.25, 0.3) is 0 Å². The first kappa shape index (κ1) is 13.2. The fourth-order valence-corrected chi connectivity index (χ4v) is 3.42. The summed E-state index contributed by atoms with van der Waals surface area (Å²) in [6.07, 6.45) is 1.69. The summed E-state index contributed by atoms with van der Waals surface area (Å²) in [5.74, 6) is 0.365. The average molecular weight is 318 g/mol. The summed E-state index contributed by atoms with van der Waals surface area (Å²) in [7, 11) is 0. The summed E-state index contributed by atoms with van der Waals surface area (Å²) in [5.41, 5.74) is 0. The number of piperidine rings is 1. The van der Waals surface area contributed by atoms with Gasteiger partial charge in [-0.25, -0.2) is 0 Å². The second-order valence-corrected chi connectivity index (χ2v) is 6.82. The first-order chi connectivity index (χ1) is 8.15. The van der Waals surface area contributed by atoms with E-state index in [0.29, 0.717) is 18.6 Å². The van der Waals surface area contributed by atoms with Crippen molar-refractivity contribution in [3.05, 3.63) is 20.8 Å². The Morgan fingerprint density at radius 1 is 1.41 bits per heavy atom. The predicted molar refractivity (Wildman–Crippen MR) is 72.3 cm³/mol. The van der Waals surface area contributed by atoms with Gasteiger partial charge in [-0.05, 0) is 34.5 Å². The first-order valence-corrected chi connectivity index (χ1v) is 7.43. The Hall–Kier alpha value is -0.230. The zero-order chi connectivity index (χ0) is 12.3. The second kappa shape index (κ2) is 6.09. The Bertz CT molecular complexity index is 384. The van der Waals surface area contributed by atoms with Gasteiger partial charge in [0.15, 0.2) is 0 Å². The lowest BCUT2D eigenvalue weighted by Gasteiger charge is -2.26. The fraction of sp³-hybridized carbons (Fsp3) is 0.583. The van der Waals surface area contributed by atoms with Crippen LogP contribution in [0, 0.1) is 0 Å². The molecule has 1 saturated heterocycles. The monoisotopic (exact) mass is 317 g/mol. The highest BCUT2D eigenvalue weighted by Gasteiger charge is 2.17. The largest absolute Gasteiger partial charge is 0.388 e. The van der Waals surface area contributed by atoms with E-state index in [4.69, 9.17) is 0 Å². The number of ketones is 1. The molecule has 2 heterocycles. The molecule has 1 aliphatic heterocycles. The van der Waals surface area contributed by atoms with E-state index in [2.05, 4.69) is 20.8 Å². The van der Waals surface area contributed by atoms with Crippen LogP contribution in [0.15, 0.2) is 15.9 Å². The Morgan fingerprint density at radius 2 is 2.12 bits per heavy atom. The number of aliphatic hydroxyl groups excluding tert-OH is 1. The fourth-order valence-electron chi connectivity index (χ4n) is 1.98. The van der Waals surface area contributed by atoms with Gasteiger partial charge in [-0.3, -0.25) is 4.79 Å². The topological polar surface area (TPSA) is 40.5 Å². The number of halogens is 1. The third-order valence-electron chi connectivity index (χ3n) is 3.05. The maximum Gasteiger partial charge on any atom is 0.135 e. The molecule has 17 heavy (non-hydrogen) atoms. The van der Waals surface area contributed by atoms with Crippen molar-refractivity contribution in [2.75, 3.05) is 19.6 Å². The van der Waals surface area contributed by atoms with Gasteiger partial charge >= 0.3 is 0 Å². The molecular formula is C12H16BrNO2S. The molecule has 0 saturated carbocycles. The van der Waals surface area contributed by atoms with Crippen LogP contribution in [0.3, 0.4) is 0 Å². The van der Waals surface area contributed by atoms with E-state index in [0.717, 1.165) is 34.7 Å². The van der Waals surface area contributed by atoms with Crippen molar-refractivity contribution < 1.29 is 9.90 Å². The SMILES string of the molecule is O=C1CCN(CCC(O)c2ccc(Br)s2)CC1. The molecule has 1 aromatic heterocycles. The molecule has 3 nitrogen and oxygen atoms in total. The number of carbonyl (C=O) groups excluding carboxylic acids is 1. The van der Waals surface area contributed by atoms with E-state index in [9.17, 15) is 9.90 Å². The summed E-state index contributed by atoms with van der Waals surface area (Å²) in [6, 6.07) is 3.92. The quantitative estimate of drug-likeness (QED) is 0.928. The summed E-state index contributed by atoms with van der Waals surface area (Å²) in [6.45, 7) is 2.56. The summed E-state index contributed by atoms with van der Waals surface area (Å²) >= 11 is 4.97. The number of rotatable bonds is 4. The van der Waals surface area contributed by atoms with E-state index in [1.807, 2.05) is 12.1 Å². The molecule has 1 fully saturated rings. The molecule has 0 amide bonds. The van der Waals surface area contributed by atoms with Gasteiger partial charge in [-0.15, -0.1) is 11.3 Å². The van der Waals surface area contributed by atoms with Gasteiger partial charge < -0.3 is 10.0 Å². The normalized spacial score (nSPS) is 19.5. The van der Waals surface area contributed by atoms with Crippen LogP contribution in [-0.4, -0.2) is 35.4 Å². The molecule has 0 radical (unpaired) electrons. The van der Waals surface area contributed by atoms with Crippen molar-refractivity contribution in [2.45, 2.75) is 25.4 Å². The van der Waals surface area contributed by atoms with Crippen LogP contribution in [0.1, 0.15) is 30.2 Å². The van der Waals surface area contributed by atoms with Gasteiger partial charge in [0, 0.05) is 37.4 Å². The van der Waals surface area contributed by atoms with Crippen LogP contribution in [-0.2, 0) is 4.79 Å². The van der Waals surface area contributed by atoms with Crippen LogP contribution < -0.4 is 0 Å². The number of hydrogen-bond donors (Lipinski definition) is 1. The van der Waals surface area contributed by atoms with Gasteiger partial charge in [0.1, 0.15) is 5.78 Å². The lowest BCUT2D eigenvalue weighted by atomic mass is 10.1. The van der Waals surface area contributed by atoms with Crippen molar-refractivity contribution in [3.8, 4) is 0 Å². The average Bonchev–Trinajstić information content (AvgIpc) is 2.75. The highest BCUT2D eigenvalue weighted by Crippen LogP contribution is 2.29. The number of hydrogen-bond acceptors (Lipinski definition) is 4. The maximum atomic E-state index is 11.1. The number of aliphatic hydroxyl groups is 1. The van der Waals surface area contributed by atoms with Crippen LogP contribution in [0.2, 0.25) is 0 Å². The summed E-state index contributed by atoms with van der Waals surface area (Å²) < 4.78 is 1.05. The van der Waals surface area contributed by atoms with E-state index >= 15 is 0 Å². The highest BCUT2D eigenvalue weighted by molar-refractivity contribution is 9.11. The number of Topliss-reactive ketones (excluding diaryl/α,β-unsaturated/α-hetero) is 1. The molecule has 1 aliphatic rings. The first-order valence-electron chi connectivity index (χ1n) is 5.82. The summed E-state index contributed by atoms with van der Waals surface area (Å²) in [5, 5.41) is 10.0. The standard InChI is InChI=1S/C12H16BrNO2S/c13-12-2-1-11(17-12)10(16)5-8-14-6-3-9(15)4-7-14/h1-2,10,16H,3-8H2. The molecule has 1 unspecified atom stereocenters. The minimum atomic E-state index is -0.385. The second-order valence-electron chi connectivity index (χ2n) is 4.33. The Balaban J connectivity index is 1.76. The van der Waals surface area contributed by atoms with E-state index in [1.165, 1.54) is 0 Å². The molecule has 0 aromatic carbocycles. The van der Waals surface area contributed by atoms with Crippen LogP contribution in [0.4, 0.5) is 0 Å². The van der Waals surface area contributed by atoms with Crippen molar-refractivity contribution in [1.29, 1.82) is 0 Å². The number of thiophene rings is 1. The summed E-state index contributed by atoms with van der Waals surface area (Å²) in [4.78, 5) is 14.4. The molecule has 0 bridgehead atoms. The lowest BCUT2D eigenvalue weighted by Crippen LogP contribution is -2.35. The number of nitrogens with zero attached hydrogens (tertiary/aromatic N) is 1. The zero-order valence-corrected chi connectivity index (χ0v) is 12.0. The third kappa shape index (κ3) is 3.88. The lowest BCUT2D eigenvalue weighted by molar-refractivity contribution is -0.121. The minimum absolute atomic E-state index is 0.365. The minimum Gasteiger partial charge on any atom is -0.388 e. The van der Waals surface area contributed by atoms with Gasteiger partial charge in [0.05, 0.1) is 9.89 Å². The highest BCUT2D eigenvalue weighted by atomic mass is 79.9. The molecule has 1 aromatic rings. The third-order valence-corrected chi connectivity index (χ3v) is 4.78. The Kier molecular flexibility index (Phi) is 4.73. The Labute approximate surface area is 114 Å². The number of carbonyl (C=O) groups is 1. The van der Waals surface area contributed by atoms with E-state index < -0.39 is 0 Å². The molecule has 1 N–H and O–H groups in total. The van der Waals surface area contributed by atoms with E-state index in [1.54, 1.807) is 11.3 Å². The predicted octanol–water partition coefficient (Wildman–Crippen LogP) is 2.60. The molecule has 2 rings (SSSR count). The maximum absolute atomic E-state index is 11.1. The van der Waals surface area contributed by atoms with Crippen molar-refractivity contribution in [1.82, 2.24) is 4.90 Å². The zero-order valence-electron chi connectivity index (χ0n) is 9.56. The molecule has 1 atom stereocenters. The van der Waals surface area contributed by atoms with Gasteiger partial charge in [-0.2, -0.15) is 0 Å². The van der Waals surface area contributed by atoms with Gasteiger partial charge in [0.25, 0.3) is 0 Å². The van der Waals surface area contributed by atoms with Gasteiger partial charge in [0.2, 0.25) is 0 Å². The van der Waals surface area contributed by atoms with Crippen molar-refractivity contribution in [3.63, 3.8) is 0 Å². The molecular weight excluding hydrogens is 302 g/mol. The number of likely N-dealkylation sites (tertiary alicyclic amines) is 1. The molecule has 94 valence electrons. The molecule has 0 spiro atoms. The molecule has 5 heteroatoms. The molecule has 0 aliphatic carbocycles. The Morgan fingerprint density at radius 3 is 2.71 bits per heavy atom. The van der Waals surface area contributed by atoms with Crippen molar-refractivity contribution in [2.24, 2.45) is 0 Å². The smallest absolute Gasteiger partial charge is 0.135 e. The van der Waals surface area contributed by atoms with E-state index in [-0.39, 0.29) is 6.10 Å². The van der Waals surface area contributed by atoms with Gasteiger partial charge in [-0.1, -0.05) is 0 Å². The van der Waals surface area contributed by atoms with Crippen LogP contribution in [0.5, 0.6) is 0 Å². The van der Waals surface area contributed by atoms with Crippen LogP contribution >= 0.6 is 27.3 Å². The van der Waals surface area contributed by atoms with Crippen molar-refractivity contribution >= 4 is 33.0 Å².